The fraction of sp³-hybridized carbons (Fsp3) is 0.217. The number of nitrogens with one attached hydrogen (secondary N) is 1. The van der Waals surface area contributed by atoms with Gasteiger partial charge in [0.05, 0.1) is 4.90 Å². The minimum absolute atomic E-state index is 0. The molecule has 3 aromatic rings. The van der Waals surface area contributed by atoms with Crippen molar-refractivity contribution >= 4 is 34.0 Å². The molecule has 0 radical (unpaired) electrons. The maximum absolute atomic E-state index is 11.3. The Morgan fingerprint density at radius 1 is 0.968 bits per heavy atom. The third kappa shape index (κ3) is 7.83. The van der Waals surface area contributed by atoms with Crippen LogP contribution in [0.1, 0.15) is 22.3 Å². The molecular weight excluding hydrogens is 455 g/mol. The zero-order valence-electron chi connectivity index (χ0n) is 17.2. The molecule has 0 fully saturated rings. The van der Waals surface area contributed by atoms with Gasteiger partial charge in [0.1, 0.15) is 12.4 Å². The maximum Gasteiger partial charge on any atom is 0.238 e. The van der Waals surface area contributed by atoms with Crippen LogP contribution < -0.4 is 15.2 Å². The second-order valence-corrected chi connectivity index (χ2v) is 9.14. The van der Waals surface area contributed by atoms with Gasteiger partial charge in [-0.05, 0) is 61.3 Å². The first kappa shape index (κ1) is 25.2. The van der Waals surface area contributed by atoms with E-state index in [4.69, 9.17) is 21.5 Å². The van der Waals surface area contributed by atoms with Crippen LogP contribution in [0.2, 0.25) is 5.02 Å². The standard InChI is InChI=1S/C23H25ClN2O3S.ClH/c1-17-2-4-19(5-3-17)16-29-23-11-8-21(24)14-20(23)15-26-13-12-18-6-9-22(10-7-18)30(25,27)28;/h2-11,14,26H,12-13,15-16H2,1H3,(H2,25,27,28);1H. The lowest BCUT2D eigenvalue weighted by Gasteiger charge is -2.13. The lowest BCUT2D eigenvalue weighted by Crippen LogP contribution is -2.17. The topological polar surface area (TPSA) is 81.4 Å². The predicted octanol–water partition coefficient (Wildman–Crippen LogP) is 4.63. The lowest BCUT2D eigenvalue weighted by molar-refractivity contribution is 0.302. The monoisotopic (exact) mass is 480 g/mol. The number of benzene rings is 3. The molecule has 0 aliphatic carbocycles. The summed E-state index contributed by atoms with van der Waals surface area (Å²) in [5.74, 6) is 0.796. The van der Waals surface area contributed by atoms with Crippen LogP contribution in [0.5, 0.6) is 5.75 Å². The van der Waals surface area contributed by atoms with Crippen molar-refractivity contribution in [2.24, 2.45) is 5.14 Å². The third-order valence-corrected chi connectivity index (χ3v) is 5.86. The highest BCUT2D eigenvalue weighted by Gasteiger charge is 2.08. The molecule has 0 aliphatic rings. The first-order chi connectivity index (χ1) is 14.3. The van der Waals surface area contributed by atoms with E-state index < -0.39 is 10.0 Å². The Morgan fingerprint density at radius 3 is 2.26 bits per heavy atom. The Kier molecular flexibility index (Phi) is 9.34. The second-order valence-electron chi connectivity index (χ2n) is 7.14. The van der Waals surface area contributed by atoms with Crippen molar-refractivity contribution in [3.05, 3.63) is 94.0 Å². The summed E-state index contributed by atoms with van der Waals surface area (Å²) in [5.41, 5.74) is 4.34. The molecule has 0 heterocycles. The molecule has 3 rings (SSSR count). The van der Waals surface area contributed by atoms with Gasteiger partial charge in [0, 0.05) is 17.1 Å². The number of hydrogen-bond acceptors (Lipinski definition) is 4. The molecular formula is C23H26Cl2N2O3S. The van der Waals surface area contributed by atoms with Gasteiger partial charge < -0.3 is 10.1 Å². The molecule has 0 spiro atoms. The van der Waals surface area contributed by atoms with Crippen LogP contribution in [0.15, 0.2) is 71.6 Å². The van der Waals surface area contributed by atoms with Gasteiger partial charge in [-0.1, -0.05) is 53.6 Å². The van der Waals surface area contributed by atoms with Crippen molar-refractivity contribution in [3.63, 3.8) is 0 Å². The Balaban J connectivity index is 0.00000341. The van der Waals surface area contributed by atoms with Crippen molar-refractivity contribution in [1.29, 1.82) is 0 Å². The van der Waals surface area contributed by atoms with E-state index in [2.05, 4.69) is 36.5 Å². The number of sulfonamides is 1. The first-order valence-corrected chi connectivity index (χ1v) is 11.5. The summed E-state index contributed by atoms with van der Waals surface area (Å²) in [6, 6.07) is 20.5. The number of halogens is 2. The van der Waals surface area contributed by atoms with Crippen LogP contribution in [0.3, 0.4) is 0 Å². The van der Waals surface area contributed by atoms with Gasteiger partial charge in [0.25, 0.3) is 0 Å². The molecule has 0 amide bonds. The molecule has 8 heteroatoms. The predicted molar refractivity (Wildman–Crippen MR) is 127 cm³/mol. The van der Waals surface area contributed by atoms with E-state index in [1.54, 1.807) is 12.1 Å². The van der Waals surface area contributed by atoms with Gasteiger partial charge in [-0.2, -0.15) is 0 Å². The second kappa shape index (κ2) is 11.5. The lowest BCUT2D eigenvalue weighted by atomic mass is 10.1. The average Bonchev–Trinajstić information content (AvgIpc) is 2.71. The summed E-state index contributed by atoms with van der Waals surface area (Å²) in [6.45, 7) is 3.88. The summed E-state index contributed by atoms with van der Waals surface area (Å²) < 4.78 is 28.7. The van der Waals surface area contributed by atoms with E-state index >= 15 is 0 Å². The highest BCUT2D eigenvalue weighted by molar-refractivity contribution is 7.89. The Hall–Kier alpha value is -2.09. The maximum atomic E-state index is 11.3. The first-order valence-electron chi connectivity index (χ1n) is 9.60. The van der Waals surface area contributed by atoms with E-state index in [0.29, 0.717) is 18.2 Å². The van der Waals surface area contributed by atoms with Gasteiger partial charge in [-0.25, -0.2) is 13.6 Å². The molecule has 3 N–H and O–H groups in total. The van der Waals surface area contributed by atoms with Gasteiger partial charge >= 0.3 is 0 Å². The van der Waals surface area contributed by atoms with Gasteiger partial charge in [-0.3, -0.25) is 0 Å². The van der Waals surface area contributed by atoms with E-state index in [0.717, 1.165) is 35.4 Å². The smallest absolute Gasteiger partial charge is 0.238 e. The highest BCUT2D eigenvalue weighted by Crippen LogP contribution is 2.24. The third-order valence-electron chi connectivity index (χ3n) is 4.70. The molecule has 0 atom stereocenters. The van der Waals surface area contributed by atoms with Gasteiger partial charge in [0.2, 0.25) is 10.0 Å². The number of ether oxygens (including phenoxy) is 1. The number of primary sulfonamides is 1. The Labute approximate surface area is 195 Å². The number of aryl methyl sites for hydroxylation is 1. The van der Waals surface area contributed by atoms with Gasteiger partial charge in [0.15, 0.2) is 0 Å². The van der Waals surface area contributed by atoms with Crippen LogP contribution in [0.25, 0.3) is 0 Å². The normalized spacial score (nSPS) is 11.1. The molecule has 3 aromatic carbocycles. The number of rotatable bonds is 9. The number of nitrogens with two attached hydrogens (primary N) is 1. The molecule has 0 saturated carbocycles. The molecule has 166 valence electrons. The van der Waals surface area contributed by atoms with Crippen LogP contribution >= 0.6 is 24.0 Å². The van der Waals surface area contributed by atoms with Crippen LogP contribution in [-0.2, 0) is 29.6 Å². The quantitative estimate of drug-likeness (QED) is 0.437. The van der Waals surface area contributed by atoms with E-state index in [1.165, 1.54) is 17.7 Å². The van der Waals surface area contributed by atoms with Crippen molar-refractivity contribution in [1.82, 2.24) is 5.32 Å². The van der Waals surface area contributed by atoms with Crippen molar-refractivity contribution < 1.29 is 13.2 Å². The molecule has 5 nitrogen and oxygen atoms in total. The zero-order chi connectivity index (χ0) is 21.6. The molecule has 0 saturated heterocycles. The molecule has 31 heavy (non-hydrogen) atoms. The SMILES string of the molecule is Cc1ccc(COc2ccc(Cl)cc2CNCCc2ccc(S(N)(=O)=O)cc2)cc1.Cl. The minimum atomic E-state index is -3.66. The summed E-state index contributed by atoms with van der Waals surface area (Å²) in [6.07, 6.45) is 0.755. The largest absolute Gasteiger partial charge is 0.489 e. The summed E-state index contributed by atoms with van der Waals surface area (Å²) in [7, 11) is -3.66. The molecule has 0 unspecified atom stereocenters. The van der Waals surface area contributed by atoms with Crippen molar-refractivity contribution in [3.8, 4) is 5.75 Å². The minimum Gasteiger partial charge on any atom is -0.489 e. The van der Waals surface area contributed by atoms with Crippen LogP contribution in [0.4, 0.5) is 0 Å². The van der Waals surface area contributed by atoms with Crippen LogP contribution in [0, 0.1) is 6.92 Å². The Morgan fingerprint density at radius 2 is 1.61 bits per heavy atom. The summed E-state index contributed by atoms with van der Waals surface area (Å²) in [4.78, 5) is 0.119. The van der Waals surface area contributed by atoms with Crippen LogP contribution in [-0.4, -0.2) is 15.0 Å². The summed E-state index contributed by atoms with van der Waals surface area (Å²) in [5, 5.41) is 9.17. The van der Waals surface area contributed by atoms with E-state index in [-0.39, 0.29) is 17.3 Å². The molecule has 0 aromatic heterocycles. The van der Waals surface area contributed by atoms with Crippen molar-refractivity contribution in [2.75, 3.05) is 6.54 Å². The number of hydrogen-bond donors (Lipinski definition) is 2. The fourth-order valence-electron chi connectivity index (χ4n) is 2.97. The fourth-order valence-corrected chi connectivity index (χ4v) is 3.68. The molecule has 0 aliphatic heterocycles. The van der Waals surface area contributed by atoms with Gasteiger partial charge in [-0.15, -0.1) is 12.4 Å². The average molecular weight is 481 g/mol. The summed E-state index contributed by atoms with van der Waals surface area (Å²) >= 11 is 6.17. The highest BCUT2D eigenvalue weighted by atomic mass is 35.5. The van der Waals surface area contributed by atoms with Crippen molar-refractivity contribution in [2.45, 2.75) is 31.4 Å². The zero-order valence-corrected chi connectivity index (χ0v) is 19.6. The Bertz CT molecular complexity index is 1090. The molecule has 0 bridgehead atoms. The van der Waals surface area contributed by atoms with E-state index in [9.17, 15) is 8.42 Å². The van der Waals surface area contributed by atoms with E-state index in [1.807, 2.05) is 18.2 Å².